The minimum absolute atomic E-state index is 0.203. The molecule has 1 heterocycles. The summed E-state index contributed by atoms with van der Waals surface area (Å²) in [4.78, 5) is 11.3. The highest BCUT2D eigenvalue weighted by Gasteiger charge is 2.30. The van der Waals surface area contributed by atoms with E-state index in [2.05, 4.69) is 34.1 Å². The number of halogens is 3. The number of hydrogen-bond acceptors (Lipinski definition) is 5. The van der Waals surface area contributed by atoms with Crippen LogP contribution in [0.1, 0.15) is 66.0 Å². The molecule has 0 atom stereocenters. The molecule has 3 N–H and O–H groups in total. The van der Waals surface area contributed by atoms with Gasteiger partial charge in [0.25, 0.3) is 0 Å². The summed E-state index contributed by atoms with van der Waals surface area (Å²) in [6.45, 7) is 9.35. The molecular weight excluding hydrogens is 561 g/mol. The minimum atomic E-state index is -4.38. The molecule has 1 aromatic heterocycles. The Balaban J connectivity index is 0.00000148. The van der Waals surface area contributed by atoms with Gasteiger partial charge in [-0.2, -0.15) is 13.2 Å². The van der Waals surface area contributed by atoms with E-state index in [1.807, 2.05) is 39.8 Å². The molecule has 230 valence electrons. The van der Waals surface area contributed by atoms with E-state index in [1.54, 1.807) is 30.3 Å². The maximum atomic E-state index is 13.5. The van der Waals surface area contributed by atoms with Gasteiger partial charge in [0.2, 0.25) is 6.41 Å². The molecule has 6 nitrogen and oxygen atoms in total. The van der Waals surface area contributed by atoms with Gasteiger partial charge in [-0.1, -0.05) is 46.6 Å². The Labute approximate surface area is 252 Å². The number of alkyl halides is 3. The van der Waals surface area contributed by atoms with Crippen molar-refractivity contribution in [2.24, 2.45) is 5.92 Å². The Morgan fingerprint density at radius 3 is 2.40 bits per heavy atom. The van der Waals surface area contributed by atoms with E-state index in [0.717, 1.165) is 53.6 Å². The van der Waals surface area contributed by atoms with Crippen molar-refractivity contribution in [2.45, 2.75) is 84.0 Å². The number of rotatable bonds is 9. The first-order valence-electron chi connectivity index (χ1n) is 14.5. The summed E-state index contributed by atoms with van der Waals surface area (Å²) in [5, 5.41) is 7.46. The van der Waals surface area contributed by atoms with Crippen LogP contribution in [0.4, 0.5) is 24.5 Å². The average molecular weight is 605 g/mol. The van der Waals surface area contributed by atoms with E-state index in [9.17, 15) is 18.0 Å². The van der Waals surface area contributed by atoms with Gasteiger partial charge in [-0.3, -0.25) is 9.52 Å². The van der Waals surface area contributed by atoms with Crippen LogP contribution < -0.4 is 20.1 Å². The number of fused-ring (bicyclic) bond motifs is 1. The van der Waals surface area contributed by atoms with Gasteiger partial charge in [0, 0.05) is 22.0 Å². The fourth-order valence-electron chi connectivity index (χ4n) is 4.74. The second kappa shape index (κ2) is 17.5. The normalized spacial score (nSPS) is 16.0. The number of anilines is 2. The molecule has 0 radical (unpaired) electrons. The van der Waals surface area contributed by atoms with Crippen LogP contribution in [-0.4, -0.2) is 36.8 Å². The third-order valence-electron chi connectivity index (χ3n) is 6.64. The fraction of sp³-hybridized carbons (Fsp3) is 0.469. The van der Waals surface area contributed by atoms with Crippen LogP contribution in [0, 0.1) is 17.8 Å². The summed E-state index contributed by atoms with van der Waals surface area (Å²) in [6, 6.07) is 12.9. The number of amides is 1. The second-order valence-corrected chi connectivity index (χ2v) is 10.3. The van der Waals surface area contributed by atoms with Crippen molar-refractivity contribution in [1.82, 2.24) is 9.29 Å². The van der Waals surface area contributed by atoms with Gasteiger partial charge in [0.15, 0.2) is 0 Å². The standard InChI is InChI=1S/C28H31F3N4O2S.2C2H6/c1-19-8-10-20(11-9-19)34-24-6-3-7-26-23(24)15-21(35(26)17-28(29,30)31)5-4-14-32-25-13-12-22(38-33-18-36)16-27(25)37-2;2*1-2/h3,6-7,12-13,15-16,18-20,32,34H,8-11,14,17H2,1-2H3,(H,33,36);2*1-2H3. The van der Waals surface area contributed by atoms with E-state index in [0.29, 0.717) is 41.0 Å². The number of aromatic nitrogens is 1. The molecule has 1 aliphatic carbocycles. The van der Waals surface area contributed by atoms with Crippen molar-refractivity contribution in [3.05, 3.63) is 48.2 Å². The van der Waals surface area contributed by atoms with Crippen molar-refractivity contribution >= 4 is 40.6 Å². The zero-order chi connectivity index (χ0) is 31.1. The maximum absolute atomic E-state index is 13.5. The Hall–Kier alpha value is -3.45. The van der Waals surface area contributed by atoms with E-state index in [4.69, 9.17) is 4.74 Å². The molecule has 3 aromatic rings. The number of nitrogens with one attached hydrogen (secondary N) is 3. The molecule has 1 amide bonds. The van der Waals surface area contributed by atoms with Crippen LogP contribution in [0.5, 0.6) is 5.75 Å². The van der Waals surface area contributed by atoms with Gasteiger partial charge in [0.1, 0.15) is 12.3 Å². The smallest absolute Gasteiger partial charge is 0.406 e. The van der Waals surface area contributed by atoms with E-state index in [-0.39, 0.29) is 6.54 Å². The number of benzene rings is 2. The number of carbonyl (C=O) groups is 1. The van der Waals surface area contributed by atoms with Gasteiger partial charge in [-0.05, 0) is 85.9 Å². The van der Waals surface area contributed by atoms with E-state index < -0.39 is 12.7 Å². The van der Waals surface area contributed by atoms with Gasteiger partial charge in [-0.25, -0.2) is 0 Å². The van der Waals surface area contributed by atoms with Crippen LogP contribution in [0.3, 0.4) is 0 Å². The highest BCUT2D eigenvalue weighted by Crippen LogP contribution is 2.33. The lowest BCUT2D eigenvalue weighted by molar-refractivity contribution is -0.140. The van der Waals surface area contributed by atoms with Crippen LogP contribution in [0.2, 0.25) is 0 Å². The predicted molar refractivity (Wildman–Crippen MR) is 169 cm³/mol. The van der Waals surface area contributed by atoms with Crippen molar-refractivity contribution in [3.8, 4) is 17.6 Å². The molecule has 0 unspecified atom stereocenters. The summed E-state index contributed by atoms with van der Waals surface area (Å²) >= 11 is 1.15. The average Bonchev–Trinajstić information content (AvgIpc) is 3.34. The fourth-order valence-corrected chi connectivity index (χ4v) is 5.22. The van der Waals surface area contributed by atoms with Crippen molar-refractivity contribution in [1.29, 1.82) is 0 Å². The third kappa shape index (κ3) is 10.1. The Kier molecular flexibility index (Phi) is 14.5. The molecule has 1 aliphatic rings. The molecular formula is C32H43F3N4O2S. The lowest BCUT2D eigenvalue weighted by Gasteiger charge is -2.28. The SMILES string of the molecule is CC.CC.COc1cc(SNC=O)ccc1NCC#Cc1cc2c(NC3CCC(C)CC3)cccc2n1CC(F)(F)F. The predicted octanol–water partition coefficient (Wildman–Crippen LogP) is 8.47. The third-order valence-corrected chi connectivity index (χ3v) is 7.34. The maximum Gasteiger partial charge on any atom is 0.406 e. The molecule has 0 bridgehead atoms. The lowest BCUT2D eigenvalue weighted by atomic mass is 9.87. The molecule has 0 spiro atoms. The molecule has 1 saturated carbocycles. The summed E-state index contributed by atoms with van der Waals surface area (Å²) in [5.41, 5.74) is 2.34. The molecule has 10 heteroatoms. The van der Waals surface area contributed by atoms with Crippen molar-refractivity contribution in [3.63, 3.8) is 0 Å². The number of carbonyl (C=O) groups excluding carboxylic acids is 1. The van der Waals surface area contributed by atoms with Crippen LogP contribution in [0.15, 0.2) is 47.4 Å². The largest absolute Gasteiger partial charge is 0.495 e. The van der Waals surface area contributed by atoms with Crippen LogP contribution in [-0.2, 0) is 11.3 Å². The lowest BCUT2D eigenvalue weighted by Crippen LogP contribution is -2.25. The molecule has 4 rings (SSSR count). The van der Waals surface area contributed by atoms with Gasteiger partial charge >= 0.3 is 6.18 Å². The number of ether oxygens (including phenoxy) is 1. The second-order valence-electron chi connectivity index (χ2n) is 9.43. The van der Waals surface area contributed by atoms with Crippen LogP contribution in [0.25, 0.3) is 10.9 Å². The Bertz CT molecular complexity index is 1320. The minimum Gasteiger partial charge on any atom is -0.495 e. The quantitative estimate of drug-likeness (QED) is 0.130. The summed E-state index contributed by atoms with van der Waals surface area (Å²) in [6.07, 6.45) is 0.608. The molecule has 1 fully saturated rings. The first-order chi connectivity index (χ1) is 20.3. The van der Waals surface area contributed by atoms with Gasteiger partial charge in [0.05, 0.1) is 30.6 Å². The van der Waals surface area contributed by atoms with Crippen molar-refractivity contribution < 1.29 is 22.7 Å². The van der Waals surface area contributed by atoms with Crippen LogP contribution >= 0.6 is 11.9 Å². The molecule has 42 heavy (non-hydrogen) atoms. The first kappa shape index (κ1) is 34.7. The van der Waals surface area contributed by atoms with E-state index in [1.165, 1.54) is 11.7 Å². The monoisotopic (exact) mass is 604 g/mol. The molecule has 0 saturated heterocycles. The van der Waals surface area contributed by atoms with Gasteiger partial charge < -0.3 is 19.9 Å². The van der Waals surface area contributed by atoms with Crippen molar-refractivity contribution in [2.75, 3.05) is 24.3 Å². The number of hydrogen-bond donors (Lipinski definition) is 3. The first-order valence-corrected chi connectivity index (χ1v) is 15.3. The molecule has 2 aromatic carbocycles. The summed E-state index contributed by atoms with van der Waals surface area (Å²) in [5.74, 6) is 7.16. The molecule has 0 aliphatic heterocycles. The Morgan fingerprint density at radius 2 is 1.76 bits per heavy atom. The number of methoxy groups -OCH3 is 1. The summed E-state index contributed by atoms with van der Waals surface area (Å²) < 4.78 is 49.7. The number of nitrogens with zero attached hydrogens (tertiary/aromatic N) is 1. The van der Waals surface area contributed by atoms with Gasteiger partial charge in [-0.15, -0.1) is 0 Å². The highest BCUT2D eigenvalue weighted by atomic mass is 32.2. The zero-order valence-corrected chi connectivity index (χ0v) is 26.1. The van der Waals surface area contributed by atoms with E-state index >= 15 is 0 Å². The Morgan fingerprint density at radius 1 is 1.05 bits per heavy atom. The zero-order valence-electron chi connectivity index (χ0n) is 25.3. The topological polar surface area (TPSA) is 67.3 Å². The summed E-state index contributed by atoms with van der Waals surface area (Å²) in [7, 11) is 1.53. The highest BCUT2D eigenvalue weighted by molar-refractivity contribution is 7.97.